The summed E-state index contributed by atoms with van der Waals surface area (Å²) in [5.41, 5.74) is 3.50. The predicted octanol–water partition coefficient (Wildman–Crippen LogP) is 4.07. The summed E-state index contributed by atoms with van der Waals surface area (Å²) in [5, 5.41) is 0.471. The molecular weight excluding hydrogens is 318 g/mol. The summed E-state index contributed by atoms with van der Waals surface area (Å²) < 4.78 is 42.1. The third-order valence-corrected chi connectivity index (χ3v) is 5.30. The lowest BCUT2D eigenvalue weighted by Gasteiger charge is -2.07. The van der Waals surface area contributed by atoms with Gasteiger partial charge in [0.2, 0.25) is 0 Å². The molecule has 1 atom stereocenters. The van der Waals surface area contributed by atoms with Gasteiger partial charge in [0.05, 0.1) is 16.1 Å². The Kier molecular flexibility index (Phi) is 3.41. The molecule has 0 saturated carbocycles. The molecule has 1 aliphatic rings. The molecule has 3 aromatic rings. The van der Waals surface area contributed by atoms with E-state index in [0.29, 0.717) is 21.5 Å². The van der Waals surface area contributed by atoms with E-state index in [0.717, 1.165) is 31.4 Å². The van der Waals surface area contributed by atoms with E-state index in [2.05, 4.69) is 9.71 Å². The number of rotatable bonds is 3. The molecule has 23 heavy (non-hydrogen) atoms. The fourth-order valence-corrected chi connectivity index (χ4v) is 3.95. The van der Waals surface area contributed by atoms with E-state index < -0.39 is 22.6 Å². The van der Waals surface area contributed by atoms with Crippen LogP contribution in [0.15, 0.2) is 41.4 Å². The summed E-state index contributed by atoms with van der Waals surface area (Å²) in [6.07, 6.45) is 4.78. The molecule has 0 bridgehead atoms. The van der Waals surface area contributed by atoms with Gasteiger partial charge in [0.25, 0.3) is 0 Å². The maximum atomic E-state index is 13.4. The molecule has 0 radical (unpaired) electrons. The highest BCUT2D eigenvalue weighted by molar-refractivity contribution is 7.86. The van der Waals surface area contributed by atoms with E-state index in [-0.39, 0.29) is 0 Å². The van der Waals surface area contributed by atoms with Gasteiger partial charge in [-0.3, -0.25) is 4.72 Å². The van der Waals surface area contributed by atoms with E-state index in [1.165, 1.54) is 11.1 Å². The molecule has 0 fully saturated rings. The van der Waals surface area contributed by atoms with Gasteiger partial charge >= 0.3 is 0 Å². The van der Waals surface area contributed by atoms with Gasteiger partial charge in [-0.25, -0.2) is 13.0 Å². The van der Waals surface area contributed by atoms with Crippen LogP contribution >= 0.6 is 0 Å². The number of hydrogen-bond donors (Lipinski definition) is 2. The second-order valence-corrected chi connectivity index (χ2v) is 6.88. The Morgan fingerprint density at radius 2 is 1.83 bits per heavy atom. The first-order chi connectivity index (χ1) is 11.1. The van der Waals surface area contributed by atoms with Crippen LogP contribution < -0.4 is 4.72 Å². The number of anilines is 1. The molecular formula is C17H14F2N2OS. The topological polar surface area (TPSA) is 44.9 Å². The first-order valence-electron chi connectivity index (χ1n) is 7.38. The molecule has 1 unspecified atom stereocenters. The summed E-state index contributed by atoms with van der Waals surface area (Å²) >= 11 is 0. The molecule has 6 heteroatoms. The average Bonchev–Trinajstić information content (AvgIpc) is 3.15. The number of aryl methyl sites for hydroxylation is 2. The lowest BCUT2D eigenvalue weighted by atomic mass is 10.1. The quantitative estimate of drug-likeness (QED) is 0.746. The van der Waals surface area contributed by atoms with Crippen molar-refractivity contribution in [2.45, 2.75) is 24.2 Å². The lowest BCUT2D eigenvalue weighted by molar-refractivity contribution is 0.511. The molecule has 0 amide bonds. The fraction of sp³-hybridized carbons (Fsp3) is 0.176. The monoisotopic (exact) mass is 332 g/mol. The van der Waals surface area contributed by atoms with Crippen LogP contribution in [0.3, 0.4) is 0 Å². The first-order valence-corrected chi connectivity index (χ1v) is 8.53. The number of nitrogens with one attached hydrogen (secondary N) is 2. The van der Waals surface area contributed by atoms with Crippen molar-refractivity contribution >= 4 is 27.6 Å². The van der Waals surface area contributed by atoms with Gasteiger partial charge in [-0.2, -0.15) is 0 Å². The van der Waals surface area contributed by atoms with Crippen LogP contribution in [0, 0.1) is 11.6 Å². The van der Waals surface area contributed by atoms with E-state index in [4.69, 9.17) is 0 Å². The molecule has 3 nitrogen and oxygen atoms in total. The van der Waals surface area contributed by atoms with Crippen LogP contribution in [0.2, 0.25) is 0 Å². The summed E-state index contributed by atoms with van der Waals surface area (Å²) in [6, 6.07) is 8.02. The number of aromatic nitrogens is 1. The van der Waals surface area contributed by atoms with Crippen molar-refractivity contribution in [3.63, 3.8) is 0 Å². The fourth-order valence-electron chi connectivity index (χ4n) is 3.02. The SMILES string of the molecule is O=S(Nc1c[nH]c2cc(F)c(F)cc12)c1ccc2c(c1)CCC2. The van der Waals surface area contributed by atoms with Gasteiger partial charge in [0.15, 0.2) is 11.6 Å². The zero-order valence-electron chi connectivity index (χ0n) is 12.2. The van der Waals surface area contributed by atoms with Gasteiger partial charge in [-0.15, -0.1) is 0 Å². The summed E-state index contributed by atoms with van der Waals surface area (Å²) in [6.45, 7) is 0. The normalized spacial score (nSPS) is 14.9. The van der Waals surface area contributed by atoms with E-state index >= 15 is 0 Å². The number of fused-ring (bicyclic) bond motifs is 2. The first kappa shape index (κ1) is 14.4. The highest BCUT2D eigenvalue weighted by Crippen LogP contribution is 2.28. The Balaban J connectivity index is 1.65. The Labute approximate surface area is 134 Å². The molecule has 4 rings (SSSR count). The summed E-state index contributed by atoms with van der Waals surface area (Å²) in [7, 11) is -1.46. The number of halogens is 2. The molecule has 118 valence electrons. The minimum absolute atomic E-state index is 0.456. The lowest BCUT2D eigenvalue weighted by Crippen LogP contribution is -2.05. The Morgan fingerprint density at radius 3 is 2.70 bits per heavy atom. The highest BCUT2D eigenvalue weighted by Gasteiger charge is 2.15. The van der Waals surface area contributed by atoms with Crippen molar-refractivity contribution < 1.29 is 13.0 Å². The van der Waals surface area contributed by atoms with E-state index in [1.54, 1.807) is 6.20 Å². The highest BCUT2D eigenvalue weighted by atomic mass is 32.2. The molecule has 1 aromatic heterocycles. The second-order valence-electron chi connectivity index (χ2n) is 5.67. The molecule has 0 aliphatic heterocycles. The third kappa shape index (κ3) is 2.53. The number of benzene rings is 2. The average molecular weight is 332 g/mol. The number of H-pyrrole nitrogens is 1. The molecule has 2 N–H and O–H groups in total. The van der Waals surface area contributed by atoms with Crippen molar-refractivity contribution in [1.82, 2.24) is 4.98 Å². The van der Waals surface area contributed by atoms with Gasteiger partial charge in [-0.05, 0) is 48.6 Å². The predicted molar refractivity (Wildman–Crippen MR) is 86.7 cm³/mol. The van der Waals surface area contributed by atoms with Crippen molar-refractivity contribution in [3.8, 4) is 0 Å². The van der Waals surface area contributed by atoms with E-state index in [1.807, 2.05) is 18.2 Å². The van der Waals surface area contributed by atoms with E-state index in [9.17, 15) is 13.0 Å². The summed E-state index contributed by atoms with van der Waals surface area (Å²) in [4.78, 5) is 3.53. The van der Waals surface area contributed by atoms with Crippen LogP contribution in [-0.4, -0.2) is 9.19 Å². The zero-order valence-corrected chi connectivity index (χ0v) is 13.0. The third-order valence-electron chi connectivity index (χ3n) is 4.21. The maximum absolute atomic E-state index is 13.4. The van der Waals surface area contributed by atoms with Crippen molar-refractivity contribution in [2.75, 3.05) is 4.72 Å². The Hall–Kier alpha value is -2.21. The Morgan fingerprint density at radius 1 is 1.04 bits per heavy atom. The second kappa shape index (κ2) is 5.45. The van der Waals surface area contributed by atoms with Crippen molar-refractivity contribution in [1.29, 1.82) is 0 Å². The van der Waals surface area contributed by atoms with Crippen molar-refractivity contribution in [2.24, 2.45) is 0 Å². The largest absolute Gasteiger partial charge is 0.359 e. The molecule has 2 aromatic carbocycles. The Bertz CT molecular complexity index is 936. The van der Waals surface area contributed by atoms with Gasteiger partial charge < -0.3 is 4.98 Å². The van der Waals surface area contributed by atoms with Crippen LogP contribution in [0.5, 0.6) is 0 Å². The molecule has 1 heterocycles. The minimum atomic E-state index is -1.46. The minimum Gasteiger partial charge on any atom is -0.359 e. The molecule has 0 saturated heterocycles. The zero-order chi connectivity index (χ0) is 16.0. The molecule has 1 aliphatic carbocycles. The smallest absolute Gasteiger partial charge is 0.160 e. The number of aromatic amines is 1. The summed E-state index contributed by atoms with van der Waals surface area (Å²) in [5.74, 6) is -1.84. The molecule has 0 spiro atoms. The standard InChI is InChI=1S/C17H14F2N2OS/c18-14-7-13-16(8-15(14)19)20-9-17(13)21-23(22)12-5-4-10-2-1-3-11(10)6-12/h4-9,20-21H,1-3H2. The number of hydrogen-bond acceptors (Lipinski definition) is 1. The van der Waals surface area contributed by atoms with Gasteiger partial charge in [0.1, 0.15) is 11.0 Å². The van der Waals surface area contributed by atoms with Crippen LogP contribution in [0.1, 0.15) is 17.5 Å². The maximum Gasteiger partial charge on any atom is 0.160 e. The van der Waals surface area contributed by atoms with Gasteiger partial charge in [-0.1, -0.05) is 6.07 Å². The van der Waals surface area contributed by atoms with Crippen LogP contribution in [0.25, 0.3) is 10.9 Å². The van der Waals surface area contributed by atoms with Crippen LogP contribution in [0.4, 0.5) is 14.5 Å². The van der Waals surface area contributed by atoms with Gasteiger partial charge in [0, 0.05) is 17.6 Å². The van der Waals surface area contributed by atoms with Crippen LogP contribution in [-0.2, 0) is 23.8 Å². The van der Waals surface area contributed by atoms with Crippen molar-refractivity contribution in [3.05, 3.63) is 59.3 Å².